The van der Waals surface area contributed by atoms with Crippen LogP contribution in [0.1, 0.15) is 0 Å². The van der Waals surface area contributed by atoms with Gasteiger partial charge in [0.05, 0.1) is 26.7 Å². The van der Waals surface area contributed by atoms with Crippen molar-refractivity contribution >= 4 is 22.9 Å². The predicted molar refractivity (Wildman–Crippen MR) is 56.8 cm³/mol. The fraction of sp³-hybridized carbons (Fsp3) is 1.00. The Bertz CT molecular complexity index is 122. The Hall–Kier alpha value is 0.570. The number of likely N-dealkylation sites (N-methyl/N-ethyl adjacent to an activating group) is 1. The van der Waals surface area contributed by atoms with Crippen LogP contribution in [-0.2, 0) is 4.74 Å². The second-order valence-electron chi connectivity index (χ2n) is 3.22. The van der Waals surface area contributed by atoms with E-state index in [1.165, 1.54) is 0 Å². The third-order valence-corrected chi connectivity index (χ3v) is 2.33. The average molecular weight is 285 g/mol. The summed E-state index contributed by atoms with van der Waals surface area (Å²) in [6.45, 7) is 4.51. The van der Waals surface area contributed by atoms with Crippen molar-refractivity contribution in [3.8, 4) is 0 Å². The second kappa shape index (κ2) is 5.33. The van der Waals surface area contributed by atoms with Gasteiger partial charge in [-0.1, -0.05) is 0 Å². The van der Waals surface area contributed by atoms with Crippen molar-refractivity contribution in [2.45, 2.75) is 0 Å². The summed E-state index contributed by atoms with van der Waals surface area (Å²) in [5, 5.41) is 0. The maximum atomic E-state index is 5.44. The second-order valence-corrected chi connectivity index (χ2v) is 4.58. The molecule has 0 radical (unpaired) electrons. The standard InChI is InChI=1S/C7H16IN3O/c1-9-3-4-12-7-10(2)6-11(8)5-9/h3-7H2,1-2H3. The van der Waals surface area contributed by atoms with Gasteiger partial charge in [-0.15, -0.1) is 0 Å². The molecule has 12 heavy (non-hydrogen) atoms. The molecule has 72 valence electrons. The summed E-state index contributed by atoms with van der Waals surface area (Å²) in [7, 11) is 4.18. The Kier molecular flexibility index (Phi) is 4.73. The molecule has 0 aromatic heterocycles. The summed E-state index contributed by atoms with van der Waals surface area (Å²) < 4.78 is 7.68. The number of halogens is 1. The summed E-state index contributed by atoms with van der Waals surface area (Å²) in [5.41, 5.74) is 0. The molecule has 0 spiro atoms. The summed E-state index contributed by atoms with van der Waals surface area (Å²) in [6, 6.07) is 0. The first-order valence-corrected chi connectivity index (χ1v) is 5.00. The summed E-state index contributed by atoms with van der Waals surface area (Å²) in [4.78, 5) is 4.41. The number of rotatable bonds is 0. The largest absolute Gasteiger partial charge is 0.365 e. The van der Waals surface area contributed by atoms with Gasteiger partial charge in [-0.3, -0.25) is 9.80 Å². The van der Waals surface area contributed by atoms with Crippen LogP contribution in [0.25, 0.3) is 0 Å². The predicted octanol–water partition coefficient (Wildman–Crippen LogP) is 0.405. The zero-order valence-electron chi connectivity index (χ0n) is 7.66. The minimum Gasteiger partial charge on any atom is -0.365 e. The first-order chi connectivity index (χ1) is 5.68. The number of nitrogens with zero attached hydrogens (tertiary/aromatic N) is 3. The molecule has 1 saturated heterocycles. The topological polar surface area (TPSA) is 19.0 Å². The number of hydrogen-bond acceptors (Lipinski definition) is 4. The van der Waals surface area contributed by atoms with Gasteiger partial charge < -0.3 is 4.74 Å². The van der Waals surface area contributed by atoms with E-state index in [4.69, 9.17) is 4.74 Å². The molecule has 0 atom stereocenters. The normalized spacial score (nSPS) is 26.2. The van der Waals surface area contributed by atoms with Crippen molar-refractivity contribution in [1.82, 2.24) is 12.9 Å². The van der Waals surface area contributed by atoms with Crippen LogP contribution in [0, 0.1) is 0 Å². The Morgan fingerprint density at radius 1 is 1.17 bits per heavy atom. The van der Waals surface area contributed by atoms with Crippen LogP contribution in [0.15, 0.2) is 0 Å². The highest BCUT2D eigenvalue weighted by molar-refractivity contribution is 14.1. The van der Waals surface area contributed by atoms with E-state index in [0.29, 0.717) is 0 Å². The molecule has 0 saturated carbocycles. The van der Waals surface area contributed by atoms with Gasteiger partial charge >= 0.3 is 0 Å². The average Bonchev–Trinajstić information content (AvgIpc) is 2.01. The van der Waals surface area contributed by atoms with Crippen LogP contribution in [0.2, 0.25) is 0 Å². The fourth-order valence-electron chi connectivity index (χ4n) is 1.12. The van der Waals surface area contributed by atoms with Gasteiger partial charge in [0.2, 0.25) is 0 Å². The van der Waals surface area contributed by atoms with Gasteiger partial charge in [-0.25, -0.2) is 3.11 Å². The van der Waals surface area contributed by atoms with Crippen LogP contribution in [-0.4, -0.2) is 60.2 Å². The zero-order valence-corrected chi connectivity index (χ0v) is 9.82. The van der Waals surface area contributed by atoms with Crippen LogP contribution in [0.4, 0.5) is 0 Å². The van der Waals surface area contributed by atoms with Gasteiger partial charge in [0.15, 0.2) is 0 Å². The van der Waals surface area contributed by atoms with Crippen molar-refractivity contribution < 1.29 is 4.74 Å². The van der Waals surface area contributed by atoms with Crippen molar-refractivity contribution in [3.05, 3.63) is 0 Å². The first-order valence-electron chi connectivity index (χ1n) is 4.04. The zero-order chi connectivity index (χ0) is 8.97. The van der Waals surface area contributed by atoms with Crippen molar-refractivity contribution in [2.75, 3.05) is 47.3 Å². The van der Waals surface area contributed by atoms with Gasteiger partial charge in [-0.05, 0) is 14.1 Å². The molecule has 1 aliphatic heterocycles. The minimum absolute atomic E-state index is 0.730. The Morgan fingerprint density at radius 2 is 1.83 bits per heavy atom. The molecule has 0 bridgehead atoms. The third kappa shape index (κ3) is 3.99. The van der Waals surface area contributed by atoms with E-state index in [0.717, 1.165) is 33.2 Å². The van der Waals surface area contributed by atoms with Gasteiger partial charge in [0, 0.05) is 29.4 Å². The Balaban J connectivity index is 2.37. The maximum Gasteiger partial charge on any atom is 0.0998 e. The van der Waals surface area contributed by atoms with Gasteiger partial charge in [0.25, 0.3) is 0 Å². The van der Waals surface area contributed by atoms with Gasteiger partial charge in [0.1, 0.15) is 0 Å². The first kappa shape index (κ1) is 10.6. The van der Waals surface area contributed by atoms with Gasteiger partial charge in [-0.2, -0.15) is 0 Å². The molecule has 0 N–H and O–H groups in total. The molecule has 0 unspecified atom stereocenters. The molecule has 1 aliphatic rings. The van der Waals surface area contributed by atoms with E-state index in [2.05, 4.69) is 49.9 Å². The molecule has 1 rings (SSSR count). The molecule has 0 aliphatic carbocycles. The van der Waals surface area contributed by atoms with E-state index < -0.39 is 0 Å². The molecule has 0 aromatic carbocycles. The smallest absolute Gasteiger partial charge is 0.0998 e. The maximum absolute atomic E-state index is 5.44. The quantitative estimate of drug-likeness (QED) is 0.474. The van der Waals surface area contributed by atoms with E-state index in [-0.39, 0.29) is 0 Å². The molecule has 0 aromatic rings. The number of ether oxygens (including phenoxy) is 1. The lowest BCUT2D eigenvalue weighted by Gasteiger charge is -2.23. The van der Waals surface area contributed by atoms with Crippen molar-refractivity contribution in [3.63, 3.8) is 0 Å². The Morgan fingerprint density at radius 3 is 2.58 bits per heavy atom. The highest BCUT2D eigenvalue weighted by Crippen LogP contribution is 2.03. The highest BCUT2D eigenvalue weighted by Gasteiger charge is 2.10. The summed E-state index contributed by atoms with van der Waals surface area (Å²) in [5.74, 6) is 0. The number of hydrogen-bond donors (Lipinski definition) is 0. The van der Waals surface area contributed by atoms with Crippen molar-refractivity contribution in [1.29, 1.82) is 0 Å². The summed E-state index contributed by atoms with van der Waals surface area (Å²) in [6.07, 6.45) is 0. The molecule has 5 heteroatoms. The molecule has 4 nitrogen and oxygen atoms in total. The third-order valence-electron chi connectivity index (χ3n) is 1.72. The molecular formula is C7H16IN3O. The molecule has 0 amide bonds. The molecule has 1 fully saturated rings. The van der Waals surface area contributed by atoms with E-state index in [1.807, 2.05) is 0 Å². The fourth-order valence-corrected chi connectivity index (χ4v) is 2.16. The highest BCUT2D eigenvalue weighted by atomic mass is 127. The lowest BCUT2D eigenvalue weighted by molar-refractivity contribution is 0.0390. The van der Waals surface area contributed by atoms with E-state index in [1.54, 1.807) is 0 Å². The van der Waals surface area contributed by atoms with Crippen LogP contribution < -0.4 is 0 Å². The lowest BCUT2D eigenvalue weighted by atomic mass is 10.6. The summed E-state index contributed by atoms with van der Waals surface area (Å²) >= 11 is 2.34. The van der Waals surface area contributed by atoms with E-state index >= 15 is 0 Å². The Labute approximate surface area is 87.9 Å². The molecular weight excluding hydrogens is 269 g/mol. The monoisotopic (exact) mass is 285 g/mol. The minimum atomic E-state index is 0.730. The van der Waals surface area contributed by atoms with Crippen LogP contribution >= 0.6 is 22.9 Å². The van der Waals surface area contributed by atoms with Crippen LogP contribution in [0.5, 0.6) is 0 Å². The lowest BCUT2D eigenvalue weighted by Crippen LogP contribution is -2.35. The molecule has 1 heterocycles. The van der Waals surface area contributed by atoms with E-state index in [9.17, 15) is 0 Å². The van der Waals surface area contributed by atoms with Crippen LogP contribution in [0.3, 0.4) is 0 Å². The SMILES string of the molecule is CN1CCOCN(C)CN(I)C1. The van der Waals surface area contributed by atoms with Crippen molar-refractivity contribution in [2.24, 2.45) is 0 Å².